The molecule has 0 aromatic heterocycles. The maximum Gasteiger partial charge on any atom is 0.0826 e. The van der Waals surface area contributed by atoms with Gasteiger partial charge in [-0.05, 0) is 20.4 Å². The molecule has 102 valence electrons. The van der Waals surface area contributed by atoms with Crippen LogP contribution in [0.25, 0.3) is 0 Å². The fourth-order valence-electron chi connectivity index (χ4n) is 2.33. The summed E-state index contributed by atoms with van der Waals surface area (Å²) in [6.45, 7) is 8.54. The maximum atomic E-state index is 5.74. The van der Waals surface area contributed by atoms with E-state index in [0.29, 0.717) is 12.1 Å². The third-order valence-electron chi connectivity index (χ3n) is 3.72. The van der Waals surface area contributed by atoms with E-state index in [0.717, 1.165) is 26.2 Å². The summed E-state index contributed by atoms with van der Waals surface area (Å²) < 4.78 is 5.74. The number of morpholine rings is 1. The van der Waals surface area contributed by atoms with Gasteiger partial charge in [-0.25, -0.2) is 0 Å². The third kappa shape index (κ3) is 6.39. The highest BCUT2D eigenvalue weighted by Crippen LogP contribution is 2.10. The quantitative estimate of drug-likeness (QED) is 0.661. The van der Waals surface area contributed by atoms with Gasteiger partial charge in [-0.15, -0.1) is 0 Å². The van der Waals surface area contributed by atoms with Gasteiger partial charge < -0.3 is 15.0 Å². The minimum absolute atomic E-state index is 0.381. The number of nitrogens with zero attached hydrogens (tertiary/aromatic N) is 1. The number of ether oxygens (including phenoxy) is 1. The van der Waals surface area contributed by atoms with E-state index in [1.54, 1.807) is 0 Å². The van der Waals surface area contributed by atoms with Crippen molar-refractivity contribution in [1.29, 1.82) is 0 Å². The lowest BCUT2D eigenvalue weighted by atomic mass is 10.1. The standard InChI is InChI=1S/C14H30N2O/c1-4-5-6-7-8-13(2)16(3)12-14-11-15-9-10-17-14/h13-15H,4-12H2,1-3H3. The topological polar surface area (TPSA) is 24.5 Å². The van der Waals surface area contributed by atoms with E-state index in [2.05, 4.69) is 31.1 Å². The van der Waals surface area contributed by atoms with Gasteiger partial charge in [0.1, 0.15) is 0 Å². The Morgan fingerprint density at radius 2 is 2.18 bits per heavy atom. The molecule has 1 rings (SSSR count). The first-order chi connectivity index (χ1) is 8.24. The number of hydrogen-bond donors (Lipinski definition) is 1. The molecule has 17 heavy (non-hydrogen) atoms. The Bertz CT molecular complexity index is 181. The molecule has 0 aliphatic carbocycles. The molecule has 1 N–H and O–H groups in total. The average molecular weight is 242 g/mol. The largest absolute Gasteiger partial charge is 0.374 e. The van der Waals surface area contributed by atoms with Crippen LogP contribution in [0, 0.1) is 0 Å². The van der Waals surface area contributed by atoms with E-state index >= 15 is 0 Å². The highest BCUT2D eigenvalue weighted by Gasteiger charge is 2.18. The summed E-state index contributed by atoms with van der Waals surface area (Å²) in [6, 6.07) is 0.678. The molecule has 2 unspecified atom stereocenters. The fourth-order valence-corrected chi connectivity index (χ4v) is 2.33. The van der Waals surface area contributed by atoms with Crippen LogP contribution in [0.3, 0.4) is 0 Å². The number of unbranched alkanes of at least 4 members (excludes halogenated alkanes) is 3. The second-order valence-electron chi connectivity index (χ2n) is 5.33. The van der Waals surface area contributed by atoms with Crippen molar-refractivity contribution in [3.05, 3.63) is 0 Å². The van der Waals surface area contributed by atoms with E-state index < -0.39 is 0 Å². The van der Waals surface area contributed by atoms with Crippen molar-refractivity contribution in [2.45, 2.75) is 58.1 Å². The molecule has 1 aliphatic heterocycles. The molecule has 3 heteroatoms. The lowest BCUT2D eigenvalue weighted by molar-refractivity contribution is 0.00338. The predicted octanol–water partition coefficient (Wildman–Crippen LogP) is 2.27. The van der Waals surface area contributed by atoms with Gasteiger partial charge in [0.2, 0.25) is 0 Å². The summed E-state index contributed by atoms with van der Waals surface area (Å²) in [7, 11) is 2.22. The molecule has 1 heterocycles. The summed E-state index contributed by atoms with van der Waals surface area (Å²) in [5, 5.41) is 3.39. The second-order valence-corrected chi connectivity index (χ2v) is 5.33. The molecule has 0 amide bonds. The van der Waals surface area contributed by atoms with E-state index in [4.69, 9.17) is 4.74 Å². The zero-order valence-electron chi connectivity index (χ0n) is 11.9. The van der Waals surface area contributed by atoms with Crippen molar-refractivity contribution in [2.24, 2.45) is 0 Å². The summed E-state index contributed by atoms with van der Waals surface area (Å²) in [5.41, 5.74) is 0. The van der Waals surface area contributed by atoms with Gasteiger partial charge in [-0.3, -0.25) is 0 Å². The molecule has 2 atom stereocenters. The van der Waals surface area contributed by atoms with E-state index in [-0.39, 0.29) is 0 Å². The SMILES string of the molecule is CCCCCCC(C)N(C)CC1CNCCO1. The molecule has 0 radical (unpaired) electrons. The van der Waals surface area contributed by atoms with E-state index in [9.17, 15) is 0 Å². The highest BCUT2D eigenvalue weighted by molar-refractivity contribution is 4.73. The average Bonchev–Trinajstić information content (AvgIpc) is 2.35. The van der Waals surface area contributed by atoms with Crippen LogP contribution in [0.15, 0.2) is 0 Å². The smallest absolute Gasteiger partial charge is 0.0826 e. The van der Waals surface area contributed by atoms with Crippen LogP contribution in [0.1, 0.15) is 46.0 Å². The minimum atomic E-state index is 0.381. The van der Waals surface area contributed by atoms with Crippen LogP contribution in [-0.2, 0) is 4.74 Å². The van der Waals surface area contributed by atoms with Crippen LogP contribution in [0.5, 0.6) is 0 Å². The molecule has 1 saturated heterocycles. The van der Waals surface area contributed by atoms with Crippen LogP contribution < -0.4 is 5.32 Å². The van der Waals surface area contributed by atoms with Crippen LogP contribution >= 0.6 is 0 Å². The van der Waals surface area contributed by atoms with Crippen LogP contribution in [0.4, 0.5) is 0 Å². The fraction of sp³-hybridized carbons (Fsp3) is 1.00. The van der Waals surface area contributed by atoms with Crippen molar-refractivity contribution in [3.8, 4) is 0 Å². The predicted molar refractivity (Wildman–Crippen MR) is 73.5 cm³/mol. The molecular formula is C14H30N2O. The molecular weight excluding hydrogens is 212 g/mol. The molecule has 0 spiro atoms. The Morgan fingerprint density at radius 1 is 1.35 bits per heavy atom. The van der Waals surface area contributed by atoms with Crippen molar-refractivity contribution >= 4 is 0 Å². The van der Waals surface area contributed by atoms with E-state index in [1.165, 1.54) is 32.1 Å². The van der Waals surface area contributed by atoms with Crippen LogP contribution in [-0.4, -0.2) is 50.3 Å². The van der Waals surface area contributed by atoms with Gasteiger partial charge in [0, 0.05) is 25.7 Å². The molecule has 3 nitrogen and oxygen atoms in total. The Kier molecular flexibility index (Phi) is 7.82. The number of hydrogen-bond acceptors (Lipinski definition) is 3. The van der Waals surface area contributed by atoms with Gasteiger partial charge in [0.15, 0.2) is 0 Å². The first kappa shape index (κ1) is 14.9. The summed E-state index contributed by atoms with van der Waals surface area (Å²) in [5.74, 6) is 0. The lowest BCUT2D eigenvalue weighted by Gasteiger charge is -2.31. The highest BCUT2D eigenvalue weighted by atomic mass is 16.5. The summed E-state index contributed by atoms with van der Waals surface area (Å²) in [6.07, 6.45) is 7.15. The Balaban J connectivity index is 2.10. The second kappa shape index (κ2) is 8.90. The number of likely N-dealkylation sites (N-methyl/N-ethyl adjacent to an activating group) is 1. The minimum Gasteiger partial charge on any atom is -0.374 e. The zero-order valence-corrected chi connectivity index (χ0v) is 11.9. The Hall–Kier alpha value is -0.120. The molecule has 1 fully saturated rings. The molecule has 0 saturated carbocycles. The summed E-state index contributed by atoms with van der Waals surface area (Å²) in [4.78, 5) is 2.45. The molecule has 0 aromatic rings. The first-order valence-electron chi connectivity index (χ1n) is 7.26. The Labute approximate surface area is 107 Å². The van der Waals surface area contributed by atoms with Crippen LogP contribution in [0.2, 0.25) is 0 Å². The number of nitrogens with one attached hydrogen (secondary N) is 1. The van der Waals surface area contributed by atoms with Gasteiger partial charge in [0.05, 0.1) is 12.7 Å². The van der Waals surface area contributed by atoms with Gasteiger partial charge in [0.25, 0.3) is 0 Å². The monoisotopic (exact) mass is 242 g/mol. The maximum absolute atomic E-state index is 5.74. The van der Waals surface area contributed by atoms with Crippen molar-refractivity contribution < 1.29 is 4.74 Å². The van der Waals surface area contributed by atoms with Crippen molar-refractivity contribution in [1.82, 2.24) is 10.2 Å². The molecule has 0 aromatic carbocycles. The third-order valence-corrected chi connectivity index (χ3v) is 3.72. The summed E-state index contributed by atoms with van der Waals surface area (Å²) >= 11 is 0. The van der Waals surface area contributed by atoms with Crippen molar-refractivity contribution in [2.75, 3.05) is 33.3 Å². The molecule has 0 bridgehead atoms. The van der Waals surface area contributed by atoms with Crippen molar-refractivity contribution in [3.63, 3.8) is 0 Å². The normalized spacial score (nSPS) is 22.9. The first-order valence-corrected chi connectivity index (χ1v) is 7.26. The Morgan fingerprint density at radius 3 is 2.82 bits per heavy atom. The lowest BCUT2D eigenvalue weighted by Crippen LogP contribution is -2.46. The van der Waals surface area contributed by atoms with Gasteiger partial charge in [-0.1, -0.05) is 32.6 Å². The van der Waals surface area contributed by atoms with Gasteiger partial charge in [-0.2, -0.15) is 0 Å². The zero-order chi connectivity index (χ0) is 12.5. The molecule has 1 aliphatic rings. The van der Waals surface area contributed by atoms with Gasteiger partial charge >= 0.3 is 0 Å². The van der Waals surface area contributed by atoms with E-state index in [1.807, 2.05) is 0 Å². The number of rotatable bonds is 8.